The van der Waals surface area contributed by atoms with Crippen LogP contribution < -0.4 is 0 Å². The van der Waals surface area contributed by atoms with E-state index in [9.17, 15) is 4.79 Å². The number of amides is 1. The Balaban J connectivity index is 1.69. The lowest BCUT2D eigenvalue weighted by Crippen LogP contribution is -2.27. The summed E-state index contributed by atoms with van der Waals surface area (Å²) in [7, 11) is 1.84. The number of carbonyl (C=O) groups is 1. The summed E-state index contributed by atoms with van der Waals surface area (Å²) in [4.78, 5) is 19.5. The number of aromatic nitrogens is 2. The lowest BCUT2D eigenvalue weighted by Gasteiger charge is -2.19. The smallest absolute Gasteiger partial charge is 0.259 e. The van der Waals surface area contributed by atoms with Crippen molar-refractivity contribution in [1.29, 1.82) is 0 Å². The van der Waals surface area contributed by atoms with Gasteiger partial charge in [-0.3, -0.25) is 4.79 Å². The summed E-state index contributed by atoms with van der Waals surface area (Å²) in [6.07, 6.45) is 2.25. The number of hydrogen-bond acceptors (Lipinski definition) is 4. The lowest BCUT2D eigenvalue weighted by molar-refractivity contribution is 0.0786. The molecule has 0 aliphatic heterocycles. The normalized spacial score (nSPS) is 14.0. The van der Waals surface area contributed by atoms with Crippen LogP contribution in [0.25, 0.3) is 11.1 Å². The first-order valence-corrected chi connectivity index (χ1v) is 9.02. The van der Waals surface area contributed by atoms with E-state index in [1.165, 1.54) is 11.1 Å². The molecule has 1 aliphatic rings. The Bertz CT molecular complexity index is 1000. The van der Waals surface area contributed by atoms with Crippen LogP contribution >= 0.6 is 0 Å². The Morgan fingerprint density at radius 2 is 2.00 bits per heavy atom. The van der Waals surface area contributed by atoms with E-state index in [1.54, 1.807) is 4.90 Å². The number of hydrogen-bond donors (Lipinski definition) is 0. The first-order valence-electron chi connectivity index (χ1n) is 9.02. The third-order valence-electron chi connectivity index (χ3n) is 5.12. The minimum Gasteiger partial charge on any atom is -0.337 e. The molecule has 1 aromatic carbocycles. The Labute approximate surface area is 153 Å². The van der Waals surface area contributed by atoms with Gasteiger partial charge < -0.3 is 9.42 Å². The molecule has 2 aromatic heterocycles. The minimum absolute atomic E-state index is 0.0226. The van der Waals surface area contributed by atoms with Crippen LogP contribution in [0.4, 0.5) is 0 Å². The number of fused-ring (bicyclic) bond motifs is 1. The fraction of sp³-hybridized carbons (Fsp3) is 0.381. The summed E-state index contributed by atoms with van der Waals surface area (Å²) in [6.45, 7) is 6.58. The fourth-order valence-electron chi connectivity index (χ4n) is 3.43. The van der Waals surface area contributed by atoms with E-state index in [2.05, 4.69) is 42.2 Å². The molecule has 0 N–H and O–H groups in total. The van der Waals surface area contributed by atoms with Crippen LogP contribution in [0.15, 0.2) is 28.8 Å². The average Bonchev–Trinajstić information content (AvgIpc) is 3.40. The number of pyridine rings is 1. The Hall–Kier alpha value is -2.69. The van der Waals surface area contributed by atoms with Crippen LogP contribution in [-0.2, 0) is 6.54 Å². The standard InChI is InChI=1S/C21H23N3O2/c1-12-5-6-16(13(2)9-12)11-24(4)21(25)17-10-18(15-7-8-15)22-20-19(17)14(3)23-26-20/h5-6,9-10,15H,7-8,11H2,1-4H3. The molecule has 26 heavy (non-hydrogen) atoms. The van der Waals surface area contributed by atoms with Gasteiger partial charge in [0.25, 0.3) is 11.6 Å². The maximum Gasteiger partial charge on any atom is 0.259 e. The van der Waals surface area contributed by atoms with Crippen LogP contribution in [-0.4, -0.2) is 28.0 Å². The molecule has 0 atom stereocenters. The van der Waals surface area contributed by atoms with Gasteiger partial charge in [-0.15, -0.1) is 0 Å². The van der Waals surface area contributed by atoms with E-state index < -0.39 is 0 Å². The molecule has 2 heterocycles. The van der Waals surface area contributed by atoms with Gasteiger partial charge in [0, 0.05) is 25.2 Å². The monoisotopic (exact) mass is 349 g/mol. The Morgan fingerprint density at radius 1 is 1.23 bits per heavy atom. The number of carbonyl (C=O) groups excluding carboxylic acids is 1. The highest BCUT2D eigenvalue weighted by atomic mass is 16.5. The average molecular weight is 349 g/mol. The third-order valence-corrected chi connectivity index (χ3v) is 5.12. The zero-order chi connectivity index (χ0) is 18.4. The van der Waals surface area contributed by atoms with E-state index >= 15 is 0 Å². The Morgan fingerprint density at radius 3 is 2.69 bits per heavy atom. The van der Waals surface area contributed by atoms with Crippen molar-refractivity contribution in [3.05, 3.63) is 57.9 Å². The second-order valence-corrected chi connectivity index (χ2v) is 7.41. The molecule has 0 saturated heterocycles. The van der Waals surface area contributed by atoms with Crippen LogP contribution in [0.3, 0.4) is 0 Å². The molecule has 0 bridgehead atoms. The minimum atomic E-state index is -0.0226. The molecule has 0 unspecified atom stereocenters. The van der Waals surface area contributed by atoms with E-state index in [4.69, 9.17) is 4.52 Å². The molecule has 3 aromatic rings. The quantitative estimate of drug-likeness (QED) is 0.705. The fourth-order valence-corrected chi connectivity index (χ4v) is 3.43. The van der Waals surface area contributed by atoms with Crippen molar-refractivity contribution >= 4 is 17.0 Å². The van der Waals surface area contributed by atoms with Gasteiger partial charge in [0.15, 0.2) is 0 Å². The molecule has 1 amide bonds. The van der Waals surface area contributed by atoms with Gasteiger partial charge >= 0.3 is 0 Å². The number of nitrogens with zero attached hydrogens (tertiary/aromatic N) is 3. The van der Waals surface area contributed by atoms with Gasteiger partial charge in [0.1, 0.15) is 0 Å². The molecule has 134 valence electrons. The third kappa shape index (κ3) is 2.98. The summed E-state index contributed by atoms with van der Waals surface area (Å²) in [5.41, 5.74) is 6.34. The zero-order valence-corrected chi connectivity index (χ0v) is 15.7. The van der Waals surface area contributed by atoms with Gasteiger partial charge in [-0.25, -0.2) is 4.98 Å². The zero-order valence-electron chi connectivity index (χ0n) is 15.7. The topological polar surface area (TPSA) is 59.2 Å². The van der Waals surface area contributed by atoms with Crippen LogP contribution in [0.5, 0.6) is 0 Å². The molecular formula is C21H23N3O2. The van der Waals surface area contributed by atoms with E-state index in [-0.39, 0.29) is 5.91 Å². The lowest BCUT2D eigenvalue weighted by atomic mass is 10.0. The predicted octanol–water partition coefficient (Wildman–Crippen LogP) is 4.30. The first kappa shape index (κ1) is 16.8. The highest BCUT2D eigenvalue weighted by Crippen LogP contribution is 2.40. The highest BCUT2D eigenvalue weighted by Gasteiger charge is 2.29. The molecule has 4 rings (SSSR count). The maximum absolute atomic E-state index is 13.2. The van der Waals surface area contributed by atoms with Crippen molar-refractivity contribution in [2.75, 3.05) is 7.05 Å². The summed E-state index contributed by atoms with van der Waals surface area (Å²) in [5.74, 6) is 0.423. The van der Waals surface area contributed by atoms with Gasteiger partial charge in [0.2, 0.25) is 0 Å². The maximum atomic E-state index is 13.2. The molecule has 1 fully saturated rings. The van der Waals surface area contributed by atoms with Gasteiger partial charge in [-0.05, 0) is 50.8 Å². The van der Waals surface area contributed by atoms with Crippen molar-refractivity contribution in [2.45, 2.75) is 46.1 Å². The van der Waals surface area contributed by atoms with Crippen molar-refractivity contribution in [1.82, 2.24) is 15.0 Å². The highest BCUT2D eigenvalue weighted by molar-refractivity contribution is 6.06. The molecule has 0 radical (unpaired) electrons. The first-order chi connectivity index (χ1) is 12.4. The summed E-state index contributed by atoms with van der Waals surface area (Å²) >= 11 is 0. The van der Waals surface area contributed by atoms with Gasteiger partial charge in [-0.2, -0.15) is 0 Å². The van der Waals surface area contributed by atoms with Gasteiger partial charge in [-0.1, -0.05) is 28.9 Å². The summed E-state index contributed by atoms with van der Waals surface area (Å²) in [5, 5.41) is 4.75. The van der Waals surface area contributed by atoms with Crippen molar-refractivity contribution in [2.24, 2.45) is 0 Å². The van der Waals surface area contributed by atoms with E-state index in [0.717, 1.165) is 29.5 Å². The number of benzene rings is 1. The van der Waals surface area contributed by atoms with Crippen LogP contribution in [0, 0.1) is 20.8 Å². The second kappa shape index (κ2) is 6.24. The summed E-state index contributed by atoms with van der Waals surface area (Å²) in [6, 6.07) is 8.26. The molecular weight excluding hydrogens is 326 g/mol. The molecule has 1 aliphatic carbocycles. The number of aryl methyl sites for hydroxylation is 3. The second-order valence-electron chi connectivity index (χ2n) is 7.41. The summed E-state index contributed by atoms with van der Waals surface area (Å²) < 4.78 is 5.36. The van der Waals surface area contributed by atoms with Crippen LogP contribution in [0.1, 0.15) is 57.2 Å². The van der Waals surface area contributed by atoms with Crippen molar-refractivity contribution in [3.8, 4) is 0 Å². The van der Waals surface area contributed by atoms with E-state index in [1.807, 2.05) is 20.0 Å². The molecule has 0 spiro atoms. The molecule has 5 nitrogen and oxygen atoms in total. The Kier molecular flexibility index (Phi) is 4.02. The molecule has 1 saturated carbocycles. The predicted molar refractivity (Wildman–Crippen MR) is 100 cm³/mol. The van der Waals surface area contributed by atoms with Crippen LogP contribution in [0.2, 0.25) is 0 Å². The largest absolute Gasteiger partial charge is 0.337 e. The SMILES string of the molecule is Cc1ccc(CN(C)C(=O)c2cc(C3CC3)nc3onc(C)c23)c(C)c1. The van der Waals surface area contributed by atoms with Crippen molar-refractivity contribution < 1.29 is 9.32 Å². The number of rotatable bonds is 4. The van der Waals surface area contributed by atoms with Gasteiger partial charge in [0.05, 0.1) is 16.6 Å². The van der Waals surface area contributed by atoms with Crippen molar-refractivity contribution in [3.63, 3.8) is 0 Å². The van der Waals surface area contributed by atoms with E-state index in [0.29, 0.717) is 29.4 Å². The molecule has 5 heteroatoms.